The summed E-state index contributed by atoms with van der Waals surface area (Å²) >= 11 is 2.62. The molecule has 0 saturated heterocycles. The Balaban J connectivity index is 1.21. The minimum atomic E-state index is -0.501. The van der Waals surface area contributed by atoms with E-state index in [0.29, 0.717) is 34.2 Å². The zero-order valence-corrected chi connectivity index (χ0v) is 19.5. The topological polar surface area (TPSA) is 114 Å². The third-order valence-electron chi connectivity index (χ3n) is 5.39. The molecule has 1 aliphatic carbocycles. The lowest BCUT2D eigenvalue weighted by Gasteiger charge is -2.19. The van der Waals surface area contributed by atoms with Crippen molar-refractivity contribution in [1.82, 2.24) is 20.3 Å². The molecule has 1 unspecified atom stereocenters. The van der Waals surface area contributed by atoms with Gasteiger partial charge in [0.2, 0.25) is 5.91 Å². The molecule has 5 rings (SSSR count). The van der Waals surface area contributed by atoms with Crippen molar-refractivity contribution in [2.75, 3.05) is 5.32 Å². The summed E-state index contributed by atoms with van der Waals surface area (Å²) in [5.41, 5.74) is 2.89. The van der Waals surface area contributed by atoms with Crippen LogP contribution >= 0.6 is 22.7 Å². The van der Waals surface area contributed by atoms with Crippen LogP contribution in [0.3, 0.4) is 0 Å². The van der Waals surface area contributed by atoms with Crippen LogP contribution in [-0.2, 0) is 17.8 Å². The molecule has 0 bridgehead atoms. The minimum absolute atomic E-state index is 0.117. The fraction of sp³-hybridized carbons (Fsp3) is 0.167. The molecule has 4 aromatic rings. The number of rotatable bonds is 6. The summed E-state index contributed by atoms with van der Waals surface area (Å²) in [6, 6.07) is 13.0. The summed E-state index contributed by atoms with van der Waals surface area (Å²) in [4.78, 5) is 51.2. The highest BCUT2D eigenvalue weighted by atomic mass is 32.1. The average molecular weight is 490 g/mol. The molecule has 0 fully saturated rings. The van der Waals surface area contributed by atoms with E-state index in [-0.39, 0.29) is 24.0 Å². The Hall–Kier alpha value is -3.76. The van der Waals surface area contributed by atoms with Crippen LogP contribution in [0.2, 0.25) is 0 Å². The first-order valence-electron chi connectivity index (χ1n) is 10.6. The number of benzene rings is 1. The van der Waals surface area contributed by atoms with Gasteiger partial charge in [0, 0.05) is 41.7 Å². The molecule has 3 heterocycles. The molecule has 34 heavy (non-hydrogen) atoms. The van der Waals surface area contributed by atoms with Crippen LogP contribution in [0.25, 0.3) is 11.3 Å². The Bertz CT molecular complexity index is 1350. The number of aromatic nitrogens is 3. The second kappa shape index (κ2) is 9.62. The number of hydrogen-bond donors (Lipinski definition) is 2. The van der Waals surface area contributed by atoms with Gasteiger partial charge in [-0.25, -0.2) is 9.97 Å². The van der Waals surface area contributed by atoms with Crippen molar-refractivity contribution >= 4 is 45.4 Å². The predicted octanol–water partition coefficient (Wildman–Crippen LogP) is 3.98. The van der Waals surface area contributed by atoms with Crippen LogP contribution in [0.5, 0.6) is 0 Å². The van der Waals surface area contributed by atoms with Gasteiger partial charge in [-0.15, -0.1) is 11.3 Å². The number of pyridine rings is 1. The lowest BCUT2D eigenvalue weighted by Crippen LogP contribution is -2.35. The molecule has 8 nitrogen and oxygen atoms in total. The van der Waals surface area contributed by atoms with Crippen LogP contribution < -0.4 is 10.6 Å². The van der Waals surface area contributed by atoms with Gasteiger partial charge in [0.05, 0.1) is 28.7 Å². The van der Waals surface area contributed by atoms with E-state index in [1.165, 1.54) is 23.7 Å². The number of nitrogens with one attached hydrogen (secondary N) is 2. The molecule has 2 N–H and O–H groups in total. The van der Waals surface area contributed by atoms with E-state index in [4.69, 9.17) is 0 Å². The number of amides is 2. The van der Waals surface area contributed by atoms with E-state index < -0.39 is 5.92 Å². The summed E-state index contributed by atoms with van der Waals surface area (Å²) in [5.74, 6) is -1.16. The van der Waals surface area contributed by atoms with Crippen molar-refractivity contribution in [1.29, 1.82) is 0 Å². The van der Waals surface area contributed by atoms with Crippen molar-refractivity contribution in [3.05, 3.63) is 81.4 Å². The van der Waals surface area contributed by atoms with E-state index >= 15 is 0 Å². The number of ketones is 1. The normalized spacial score (nSPS) is 14.9. The van der Waals surface area contributed by atoms with E-state index in [1.807, 2.05) is 35.7 Å². The fourth-order valence-corrected chi connectivity index (χ4v) is 5.36. The van der Waals surface area contributed by atoms with Crippen molar-refractivity contribution < 1.29 is 14.4 Å². The first-order chi connectivity index (χ1) is 16.6. The Morgan fingerprint density at radius 1 is 1.03 bits per heavy atom. The first-order valence-corrected chi connectivity index (χ1v) is 12.3. The van der Waals surface area contributed by atoms with E-state index in [1.54, 1.807) is 12.1 Å². The molecule has 2 amide bonds. The number of carbonyl (C=O) groups is 3. The van der Waals surface area contributed by atoms with Gasteiger partial charge in [-0.1, -0.05) is 41.7 Å². The SMILES string of the molecule is O=C(Nc1nc2c(s1)C(=O)CC(C(=O)NCc1nc(-c3ccccc3)cs1)C2)c1ccncc1. The van der Waals surface area contributed by atoms with Crippen LogP contribution in [-0.4, -0.2) is 32.5 Å². The lowest BCUT2D eigenvalue weighted by atomic mass is 9.89. The van der Waals surface area contributed by atoms with Gasteiger partial charge in [-0.05, 0) is 12.1 Å². The molecule has 0 spiro atoms. The maximum atomic E-state index is 12.8. The van der Waals surface area contributed by atoms with Gasteiger partial charge in [0.25, 0.3) is 5.91 Å². The monoisotopic (exact) mass is 489 g/mol. The largest absolute Gasteiger partial charge is 0.349 e. The minimum Gasteiger partial charge on any atom is -0.349 e. The van der Waals surface area contributed by atoms with Crippen molar-refractivity contribution in [3.8, 4) is 11.3 Å². The highest BCUT2D eigenvalue weighted by molar-refractivity contribution is 7.17. The summed E-state index contributed by atoms with van der Waals surface area (Å²) < 4.78 is 0. The molecule has 0 saturated carbocycles. The molecule has 0 radical (unpaired) electrons. The summed E-state index contributed by atoms with van der Waals surface area (Å²) in [6.07, 6.45) is 3.53. The zero-order valence-electron chi connectivity index (χ0n) is 17.9. The van der Waals surface area contributed by atoms with Gasteiger partial charge < -0.3 is 5.32 Å². The van der Waals surface area contributed by atoms with Gasteiger partial charge in [0.1, 0.15) is 5.01 Å². The lowest BCUT2D eigenvalue weighted by molar-refractivity contribution is -0.125. The maximum Gasteiger partial charge on any atom is 0.257 e. The predicted molar refractivity (Wildman–Crippen MR) is 130 cm³/mol. The van der Waals surface area contributed by atoms with Crippen LogP contribution in [0.4, 0.5) is 5.13 Å². The van der Waals surface area contributed by atoms with E-state index in [2.05, 4.69) is 25.6 Å². The van der Waals surface area contributed by atoms with E-state index in [0.717, 1.165) is 27.6 Å². The highest BCUT2D eigenvalue weighted by Crippen LogP contribution is 2.32. The summed E-state index contributed by atoms with van der Waals surface area (Å²) in [7, 11) is 0. The molecule has 170 valence electrons. The van der Waals surface area contributed by atoms with Gasteiger partial charge in [-0.2, -0.15) is 0 Å². The Morgan fingerprint density at radius 3 is 2.62 bits per heavy atom. The summed E-state index contributed by atoms with van der Waals surface area (Å²) in [5, 5.41) is 8.73. The highest BCUT2D eigenvalue weighted by Gasteiger charge is 2.33. The number of hydrogen-bond acceptors (Lipinski definition) is 8. The van der Waals surface area contributed by atoms with Gasteiger partial charge in [0.15, 0.2) is 10.9 Å². The molecule has 1 aliphatic rings. The number of thiazole rings is 2. The maximum absolute atomic E-state index is 12.8. The van der Waals surface area contributed by atoms with Gasteiger partial charge >= 0.3 is 0 Å². The quantitative estimate of drug-likeness (QED) is 0.424. The second-order valence-corrected chi connectivity index (χ2v) is 9.67. The van der Waals surface area contributed by atoms with E-state index in [9.17, 15) is 14.4 Å². The molecule has 3 aromatic heterocycles. The zero-order chi connectivity index (χ0) is 23.5. The number of Topliss-reactive ketones (excluding diaryl/α,β-unsaturated/α-hetero) is 1. The fourth-order valence-electron chi connectivity index (χ4n) is 3.68. The smallest absolute Gasteiger partial charge is 0.257 e. The summed E-state index contributed by atoms with van der Waals surface area (Å²) in [6.45, 7) is 0.304. The van der Waals surface area contributed by atoms with Crippen LogP contribution in [0, 0.1) is 5.92 Å². The van der Waals surface area contributed by atoms with Crippen molar-refractivity contribution in [2.24, 2.45) is 5.92 Å². The molecular formula is C24H19N5O3S2. The molecule has 0 aliphatic heterocycles. The van der Waals surface area contributed by atoms with Crippen LogP contribution in [0.1, 0.15) is 37.2 Å². The molecule has 1 aromatic carbocycles. The molecule has 1 atom stereocenters. The number of carbonyl (C=O) groups excluding carboxylic acids is 3. The Kier molecular flexibility index (Phi) is 6.24. The number of anilines is 1. The first kappa shape index (κ1) is 22.1. The third kappa shape index (κ3) is 4.78. The third-order valence-corrected chi connectivity index (χ3v) is 7.29. The standard InChI is InChI=1S/C24H19N5O3S2/c30-19-11-16(22(31)26-12-20-27-18(13-33-20)14-4-2-1-3-5-14)10-17-21(19)34-24(28-17)29-23(32)15-6-8-25-9-7-15/h1-9,13,16H,10-12H2,(H,26,31)(H,28,29,32). The van der Waals surface area contributed by atoms with Crippen molar-refractivity contribution in [2.45, 2.75) is 19.4 Å². The van der Waals surface area contributed by atoms with Crippen LogP contribution in [0.15, 0.2) is 60.2 Å². The molecular weight excluding hydrogens is 470 g/mol. The Labute approximate surface area is 203 Å². The number of fused-ring (bicyclic) bond motifs is 1. The van der Waals surface area contributed by atoms with Gasteiger partial charge in [-0.3, -0.25) is 24.7 Å². The van der Waals surface area contributed by atoms with Crippen molar-refractivity contribution in [3.63, 3.8) is 0 Å². The second-order valence-electron chi connectivity index (χ2n) is 7.72. The molecule has 10 heteroatoms. The Morgan fingerprint density at radius 2 is 1.82 bits per heavy atom. The number of nitrogens with zero attached hydrogens (tertiary/aromatic N) is 3. The average Bonchev–Trinajstić information content (AvgIpc) is 3.51.